The van der Waals surface area contributed by atoms with Gasteiger partial charge in [0, 0.05) is 26.1 Å². The maximum atomic E-state index is 11.7. The van der Waals surface area contributed by atoms with Crippen molar-refractivity contribution >= 4 is 19.4 Å². The van der Waals surface area contributed by atoms with E-state index < -0.39 is 7.82 Å². The predicted molar refractivity (Wildman–Crippen MR) is 56.3 cm³/mol. The number of phosphoric acid groups is 1. The van der Waals surface area contributed by atoms with Crippen molar-refractivity contribution in [3.8, 4) is 0 Å². The fourth-order valence-electron chi connectivity index (χ4n) is 1.81. The zero-order valence-electron chi connectivity index (χ0n) is 8.47. The molecule has 0 aromatic heterocycles. The highest BCUT2D eigenvalue weighted by molar-refractivity contribution is 7.48. The number of hydrogen-bond acceptors (Lipinski definition) is 4. The van der Waals surface area contributed by atoms with Crippen molar-refractivity contribution in [3.05, 3.63) is 22.9 Å². The molecule has 2 rings (SSSR count). The number of allylic oxidation sites excluding steroid dienone is 4. The van der Waals surface area contributed by atoms with Crippen LogP contribution in [0.15, 0.2) is 22.9 Å². The monoisotopic (exact) mass is 250 g/mol. The van der Waals surface area contributed by atoms with Crippen LogP contribution in [-0.2, 0) is 18.1 Å². The van der Waals surface area contributed by atoms with E-state index in [1.54, 1.807) is 0 Å². The molecule has 0 aromatic rings. The van der Waals surface area contributed by atoms with Gasteiger partial charge in [-0.05, 0) is 6.42 Å². The van der Waals surface area contributed by atoms with Gasteiger partial charge in [-0.2, -0.15) is 0 Å². The van der Waals surface area contributed by atoms with E-state index >= 15 is 0 Å². The van der Waals surface area contributed by atoms with Gasteiger partial charge in [0.05, 0.1) is 5.03 Å². The number of halogens is 1. The van der Waals surface area contributed by atoms with Crippen molar-refractivity contribution in [3.63, 3.8) is 0 Å². The molecule has 4 nitrogen and oxygen atoms in total. The van der Waals surface area contributed by atoms with Crippen LogP contribution in [0.4, 0.5) is 0 Å². The summed E-state index contributed by atoms with van der Waals surface area (Å²) in [5.74, 6) is 0.971. The highest BCUT2D eigenvalue weighted by atomic mass is 35.5. The average molecular weight is 251 g/mol. The van der Waals surface area contributed by atoms with Gasteiger partial charge < -0.3 is 4.52 Å². The molecule has 0 unspecified atom stereocenters. The quantitative estimate of drug-likeness (QED) is 0.568. The van der Waals surface area contributed by atoms with Gasteiger partial charge in [-0.25, -0.2) is 4.57 Å². The summed E-state index contributed by atoms with van der Waals surface area (Å²) in [6.07, 6.45) is 4.94. The van der Waals surface area contributed by atoms with E-state index in [0.29, 0.717) is 10.8 Å². The Kier molecular flexibility index (Phi) is 2.95. The normalized spacial score (nSPS) is 29.0. The minimum absolute atomic E-state index is 0.205. The first-order valence-corrected chi connectivity index (χ1v) is 6.42. The second kappa shape index (κ2) is 3.95. The van der Waals surface area contributed by atoms with E-state index in [4.69, 9.17) is 16.1 Å². The van der Waals surface area contributed by atoms with Crippen LogP contribution in [0.3, 0.4) is 0 Å². The van der Waals surface area contributed by atoms with Crippen molar-refractivity contribution in [2.45, 2.75) is 6.42 Å². The molecule has 0 radical (unpaired) electrons. The molecule has 2 aliphatic rings. The first kappa shape index (κ1) is 11.2. The van der Waals surface area contributed by atoms with Crippen LogP contribution in [0.5, 0.6) is 0 Å². The summed E-state index contributed by atoms with van der Waals surface area (Å²) >= 11 is 6.01. The third kappa shape index (κ3) is 1.76. The SMILES string of the molecule is COP(=O)(OC)OC1=C(Cl)[C@H]2C=CC[C@H]12. The highest BCUT2D eigenvalue weighted by Gasteiger charge is 2.45. The van der Waals surface area contributed by atoms with Crippen LogP contribution in [0, 0.1) is 11.8 Å². The Morgan fingerprint density at radius 3 is 2.73 bits per heavy atom. The molecule has 6 heteroatoms. The molecule has 15 heavy (non-hydrogen) atoms. The molecule has 0 heterocycles. The molecule has 2 atom stereocenters. The van der Waals surface area contributed by atoms with Crippen LogP contribution in [0.25, 0.3) is 0 Å². The van der Waals surface area contributed by atoms with Crippen molar-refractivity contribution in [1.82, 2.24) is 0 Å². The van der Waals surface area contributed by atoms with Crippen LogP contribution in [0.1, 0.15) is 6.42 Å². The topological polar surface area (TPSA) is 44.8 Å². The fourth-order valence-corrected chi connectivity index (χ4v) is 3.04. The summed E-state index contributed by atoms with van der Waals surface area (Å²) in [6, 6.07) is 0. The van der Waals surface area contributed by atoms with E-state index in [9.17, 15) is 4.57 Å². The van der Waals surface area contributed by atoms with Crippen LogP contribution in [0.2, 0.25) is 0 Å². The molecule has 0 aliphatic heterocycles. The maximum Gasteiger partial charge on any atom is 0.529 e. The lowest BCUT2D eigenvalue weighted by Gasteiger charge is -2.34. The minimum Gasteiger partial charge on any atom is -0.407 e. The zero-order chi connectivity index (χ0) is 11.1. The lowest BCUT2D eigenvalue weighted by atomic mass is 9.82. The second-order valence-electron chi connectivity index (χ2n) is 3.41. The van der Waals surface area contributed by atoms with E-state index in [-0.39, 0.29) is 11.8 Å². The summed E-state index contributed by atoms with van der Waals surface area (Å²) in [6.45, 7) is 0. The molecule has 0 bridgehead atoms. The van der Waals surface area contributed by atoms with Crippen molar-refractivity contribution < 1.29 is 18.1 Å². The van der Waals surface area contributed by atoms with Gasteiger partial charge in [0.1, 0.15) is 5.76 Å². The first-order valence-electron chi connectivity index (χ1n) is 4.58. The summed E-state index contributed by atoms with van der Waals surface area (Å²) in [7, 11) is -0.900. The molecule has 2 aliphatic carbocycles. The molecule has 0 N–H and O–H groups in total. The van der Waals surface area contributed by atoms with Crippen LogP contribution >= 0.6 is 19.4 Å². The molecular weight excluding hydrogens is 239 g/mol. The third-order valence-corrected chi connectivity index (χ3v) is 4.44. The maximum absolute atomic E-state index is 11.7. The minimum atomic E-state index is -3.46. The summed E-state index contributed by atoms with van der Waals surface area (Å²) in [5, 5.41) is 0.600. The highest BCUT2D eigenvalue weighted by Crippen LogP contribution is 2.58. The van der Waals surface area contributed by atoms with E-state index in [2.05, 4.69) is 9.05 Å². The van der Waals surface area contributed by atoms with E-state index in [1.807, 2.05) is 12.2 Å². The summed E-state index contributed by atoms with van der Waals surface area (Å²) in [5.41, 5.74) is 0. The molecule has 0 fully saturated rings. The lowest BCUT2D eigenvalue weighted by molar-refractivity contribution is 0.155. The molecule has 0 spiro atoms. The Bertz CT molecular complexity index is 368. The third-order valence-electron chi connectivity index (χ3n) is 2.69. The average Bonchev–Trinajstić information content (AvgIpc) is 2.70. The molecule has 0 saturated heterocycles. The molecule has 0 saturated carbocycles. The van der Waals surface area contributed by atoms with Gasteiger partial charge in [-0.1, -0.05) is 23.8 Å². The Balaban J connectivity index is 2.12. The zero-order valence-corrected chi connectivity index (χ0v) is 10.1. The summed E-state index contributed by atoms with van der Waals surface area (Å²) in [4.78, 5) is 0. The van der Waals surface area contributed by atoms with Crippen LogP contribution in [-0.4, -0.2) is 14.2 Å². The van der Waals surface area contributed by atoms with Crippen LogP contribution < -0.4 is 0 Å². The second-order valence-corrected chi connectivity index (χ2v) is 5.63. The van der Waals surface area contributed by atoms with Gasteiger partial charge >= 0.3 is 7.82 Å². The van der Waals surface area contributed by atoms with Gasteiger partial charge in [0.2, 0.25) is 0 Å². The predicted octanol–water partition coefficient (Wildman–Crippen LogP) is 3.06. The van der Waals surface area contributed by atoms with Gasteiger partial charge in [-0.3, -0.25) is 9.05 Å². The number of phosphoric ester groups is 1. The largest absolute Gasteiger partial charge is 0.529 e. The number of fused-ring (bicyclic) bond motifs is 1. The Hall–Kier alpha value is -0.280. The Morgan fingerprint density at radius 1 is 1.47 bits per heavy atom. The first-order chi connectivity index (χ1) is 7.11. The molecular formula is C9H12ClO4P. The summed E-state index contributed by atoms with van der Waals surface area (Å²) < 4.78 is 26.3. The fraction of sp³-hybridized carbons (Fsp3) is 0.556. The van der Waals surface area contributed by atoms with Gasteiger partial charge in [-0.15, -0.1) is 0 Å². The number of hydrogen-bond donors (Lipinski definition) is 0. The van der Waals surface area contributed by atoms with Crippen molar-refractivity contribution in [1.29, 1.82) is 0 Å². The van der Waals surface area contributed by atoms with Crippen molar-refractivity contribution in [2.24, 2.45) is 11.8 Å². The van der Waals surface area contributed by atoms with E-state index in [0.717, 1.165) is 6.42 Å². The van der Waals surface area contributed by atoms with Crippen molar-refractivity contribution in [2.75, 3.05) is 14.2 Å². The standard InChI is InChI=1S/C9H12ClO4P/c1-12-15(11,13-2)14-9-7-5-3-4-6(7)8(9)10/h3-4,6-7H,5H2,1-2H3/t6-,7-/m0/s1. The number of rotatable bonds is 4. The molecule has 0 amide bonds. The Morgan fingerprint density at radius 2 is 2.13 bits per heavy atom. The molecule has 0 aromatic carbocycles. The smallest absolute Gasteiger partial charge is 0.407 e. The lowest BCUT2D eigenvalue weighted by Crippen LogP contribution is -2.25. The Labute approximate surface area is 93.5 Å². The molecule has 84 valence electrons. The van der Waals surface area contributed by atoms with Gasteiger partial charge in [0.15, 0.2) is 0 Å². The van der Waals surface area contributed by atoms with E-state index in [1.165, 1.54) is 14.2 Å². The van der Waals surface area contributed by atoms with Gasteiger partial charge in [0.25, 0.3) is 0 Å².